The molecule has 1 N–H and O–H groups in total. The zero-order chi connectivity index (χ0) is 20.3. The number of nitrogens with one attached hydrogen (secondary N) is 1. The number of hydrogen-bond acceptors (Lipinski definition) is 6. The number of fused-ring (bicyclic) bond motifs is 1. The van der Waals surface area contributed by atoms with Gasteiger partial charge in [-0.1, -0.05) is 19.1 Å². The maximum absolute atomic E-state index is 12.4. The molecule has 3 amide bonds. The second-order valence-electron chi connectivity index (χ2n) is 6.14. The first kappa shape index (κ1) is 19.8. The van der Waals surface area contributed by atoms with E-state index in [9.17, 15) is 19.2 Å². The molecule has 0 bridgehead atoms. The lowest BCUT2D eigenvalue weighted by molar-refractivity contribution is -0.116. The molecule has 1 aliphatic heterocycles. The summed E-state index contributed by atoms with van der Waals surface area (Å²) in [6.45, 7) is 3.88. The number of thiophene rings is 1. The van der Waals surface area contributed by atoms with E-state index in [1.165, 1.54) is 11.3 Å². The van der Waals surface area contributed by atoms with Crippen LogP contribution in [-0.4, -0.2) is 41.7 Å². The molecule has 0 unspecified atom stereocenters. The van der Waals surface area contributed by atoms with Crippen molar-refractivity contribution in [3.05, 3.63) is 51.9 Å². The van der Waals surface area contributed by atoms with Crippen molar-refractivity contribution >= 4 is 40.0 Å². The largest absolute Gasteiger partial charge is 0.462 e. The molecule has 8 heteroatoms. The minimum Gasteiger partial charge on any atom is -0.462 e. The molecule has 7 nitrogen and oxygen atoms in total. The molecule has 0 radical (unpaired) electrons. The third-order valence-electron chi connectivity index (χ3n) is 4.32. The fourth-order valence-corrected chi connectivity index (χ4v) is 3.91. The number of imide groups is 1. The van der Waals surface area contributed by atoms with Gasteiger partial charge in [-0.05, 0) is 31.5 Å². The summed E-state index contributed by atoms with van der Waals surface area (Å²) >= 11 is 1.31. The molecule has 3 rings (SSSR count). The molecule has 2 heterocycles. The Bertz CT molecular complexity index is 915. The summed E-state index contributed by atoms with van der Waals surface area (Å²) in [5, 5.41) is 3.13. The lowest BCUT2D eigenvalue weighted by atomic mass is 10.1. The van der Waals surface area contributed by atoms with Gasteiger partial charge in [0.25, 0.3) is 11.8 Å². The van der Waals surface area contributed by atoms with Crippen LogP contribution in [-0.2, 0) is 16.0 Å². The van der Waals surface area contributed by atoms with E-state index < -0.39 is 17.8 Å². The molecule has 1 aliphatic rings. The minimum absolute atomic E-state index is 0.0288. The highest BCUT2D eigenvalue weighted by molar-refractivity contribution is 7.16. The van der Waals surface area contributed by atoms with Crippen LogP contribution < -0.4 is 5.32 Å². The summed E-state index contributed by atoms with van der Waals surface area (Å²) in [5.41, 5.74) is 1.02. The molecule has 1 aromatic carbocycles. The van der Waals surface area contributed by atoms with Crippen molar-refractivity contribution in [2.45, 2.75) is 26.7 Å². The van der Waals surface area contributed by atoms with Crippen LogP contribution in [0, 0.1) is 0 Å². The molecule has 1 aromatic heterocycles. The summed E-state index contributed by atoms with van der Waals surface area (Å²) in [5.74, 6) is -1.67. The van der Waals surface area contributed by atoms with Gasteiger partial charge >= 0.3 is 5.97 Å². The van der Waals surface area contributed by atoms with Gasteiger partial charge in [0, 0.05) is 17.8 Å². The minimum atomic E-state index is -0.492. The van der Waals surface area contributed by atoms with Gasteiger partial charge in [0.1, 0.15) is 5.00 Å². The monoisotopic (exact) mass is 400 g/mol. The molecule has 2 aromatic rings. The molecule has 28 heavy (non-hydrogen) atoms. The Morgan fingerprint density at radius 1 is 1.11 bits per heavy atom. The van der Waals surface area contributed by atoms with Crippen molar-refractivity contribution in [1.82, 2.24) is 4.90 Å². The SMILES string of the molecule is CCOC(=O)c1cc(CC)sc1NC(=O)CCN1C(=O)c2ccccc2C1=O. The number of anilines is 1. The number of ether oxygens (including phenoxy) is 1. The van der Waals surface area contributed by atoms with Crippen LogP contribution >= 0.6 is 11.3 Å². The van der Waals surface area contributed by atoms with Gasteiger partial charge in [-0.3, -0.25) is 19.3 Å². The molecule has 0 fully saturated rings. The van der Waals surface area contributed by atoms with Gasteiger partial charge in [-0.15, -0.1) is 11.3 Å². The van der Waals surface area contributed by atoms with Crippen LogP contribution in [0.5, 0.6) is 0 Å². The van der Waals surface area contributed by atoms with Crippen molar-refractivity contribution in [3.63, 3.8) is 0 Å². The number of esters is 1. The molecule has 0 spiro atoms. The van der Waals surface area contributed by atoms with Crippen molar-refractivity contribution in [2.24, 2.45) is 0 Å². The molecule has 0 saturated carbocycles. The normalized spacial score (nSPS) is 12.9. The Morgan fingerprint density at radius 2 is 1.75 bits per heavy atom. The zero-order valence-electron chi connectivity index (χ0n) is 15.6. The van der Waals surface area contributed by atoms with Crippen molar-refractivity contribution in [3.8, 4) is 0 Å². The highest BCUT2D eigenvalue weighted by Crippen LogP contribution is 2.29. The van der Waals surface area contributed by atoms with Crippen LogP contribution in [0.25, 0.3) is 0 Å². The van der Waals surface area contributed by atoms with E-state index in [1.54, 1.807) is 37.3 Å². The summed E-state index contributed by atoms with van der Waals surface area (Å²) in [4.78, 5) is 51.2. The molecule has 0 atom stereocenters. The molecule has 0 saturated heterocycles. The Labute approximate surface area is 166 Å². The van der Waals surface area contributed by atoms with E-state index in [0.29, 0.717) is 21.7 Å². The topological polar surface area (TPSA) is 92.8 Å². The first-order valence-corrected chi connectivity index (χ1v) is 9.82. The van der Waals surface area contributed by atoms with E-state index in [2.05, 4.69) is 5.32 Å². The first-order chi connectivity index (χ1) is 13.5. The summed E-state index contributed by atoms with van der Waals surface area (Å²) in [6, 6.07) is 8.29. The lowest BCUT2D eigenvalue weighted by Crippen LogP contribution is -2.32. The number of nitrogens with zero attached hydrogens (tertiary/aromatic N) is 1. The van der Waals surface area contributed by atoms with Gasteiger partial charge in [0.15, 0.2) is 0 Å². The number of aryl methyl sites for hydroxylation is 1. The lowest BCUT2D eigenvalue weighted by Gasteiger charge is -2.13. The Kier molecular flexibility index (Phi) is 5.89. The van der Waals surface area contributed by atoms with E-state index in [-0.39, 0.29) is 25.5 Å². The third kappa shape index (κ3) is 3.82. The predicted molar refractivity (Wildman–Crippen MR) is 105 cm³/mol. The molecule has 146 valence electrons. The van der Waals surface area contributed by atoms with Gasteiger partial charge in [0.05, 0.1) is 23.3 Å². The standard InChI is InChI=1S/C20H20N2O5S/c1-3-12-11-15(20(26)27-4-2)17(28-12)21-16(23)9-10-22-18(24)13-7-5-6-8-14(13)19(22)25/h5-8,11H,3-4,9-10H2,1-2H3,(H,21,23). The summed E-state index contributed by atoms with van der Waals surface area (Å²) in [6.07, 6.45) is 0.662. The first-order valence-electron chi connectivity index (χ1n) is 9.01. The third-order valence-corrected chi connectivity index (χ3v) is 5.52. The number of carbonyl (C=O) groups is 4. The average molecular weight is 400 g/mol. The summed E-state index contributed by atoms with van der Waals surface area (Å²) < 4.78 is 5.03. The summed E-state index contributed by atoms with van der Waals surface area (Å²) in [7, 11) is 0. The fraction of sp³-hybridized carbons (Fsp3) is 0.300. The van der Waals surface area contributed by atoms with Gasteiger partial charge < -0.3 is 10.1 Å². The molecular formula is C20H20N2O5S. The van der Waals surface area contributed by atoms with Crippen LogP contribution in [0.1, 0.15) is 56.2 Å². The number of amides is 3. The smallest absolute Gasteiger partial charge is 0.341 e. The average Bonchev–Trinajstić information content (AvgIpc) is 3.20. The second kappa shape index (κ2) is 8.35. The van der Waals surface area contributed by atoms with Crippen LogP contribution in [0.15, 0.2) is 30.3 Å². The van der Waals surface area contributed by atoms with Gasteiger partial charge in [-0.25, -0.2) is 4.79 Å². The quantitative estimate of drug-likeness (QED) is 0.569. The van der Waals surface area contributed by atoms with Crippen molar-refractivity contribution in [2.75, 3.05) is 18.5 Å². The van der Waals surface area contributed by atoms with Crippen LogP contribution in [0.3, 0.4) is 0 Å². The highest BCUT2D eigenvalue weighted by atomic mass is 32.1. The number of benzene rings is 1. The zero-order valence-corrected chi connectivity index (χ0v) is 16.4. The van der Waals surface area contributed by atoms with E-state index in [4.69, 9.17) is 4.74 Å². The fourth-order valence-electron chi connectivity index (χ4n) is 2.91. The van der Waals surface area contributed by atoms with Crippen LogP contribution in [0.2, 0.25) is 0 Å². The molecule has 0 aliphatic carbocycles. The number of carbonyl (C=O) groups excluding carboxylic acids is 4. The van der Waals surface area contributed by atoms with Crippen LogP contribution in [0.4, 0.5) is 5.00 Å². The van der Waals surface area contributed by atoms with Crippen molar-refractivity contribution < 1.29 is 23.9 Å². The molecular weight excluding hydrogens is 380 g/mol. The van der Waals surface area contributed by atoms with E-state index >= 15 is 0 Å². The predicted octanol–water partition coefficient (Wildman–Crippen LogP) is 3.11. The maximum atomic E-state index is 12.4. The highest BCUT2D eigenvalue weighted by Gasteiger charge is 2.35. The van der Waals surface area contributed by atoms with Gasteiger partial charge in [-0.2, -0.15) is 0 Å². The van der Waals surface area contributed by atoms with E-state index in [1.807, 2.05) is 6.92 Å². The Morgan fingerprint density at radius 3 is 2.32 bits per heavy atom. The van der Waals surface area contributed by atoms with E-state index in [0.717, 1.165) is 16.2 Å². The van der Waals surface area contributed by atoms with Gasteiger partial charge in [0.2, 0.25) is 5.91 Å². The Balaban J connectivity index is 1.66. The maximum Gasteiger partial charge on any atom is 0.341 e. The number of hydrogen-bond donors (Lipinski definition) is 1. The Hall–Kier alpha value is -3.00. The number of rotatable bonds is 7. The second-order valence-corrected chi connectivity index (χ2v) is 7.27. The van der Waals surface area contributed by atoms with Crippen molar-refractivity contribution in [1.29, 1.82) is 0 Å².